The van der Waals surface area contributed by atoms with Gasteiger partial charge in [0.15, 0.2) is 0 Å². The number of piperidine rings is 1. The monoisotopic (exact) mass is 198 g/mol. The van der Waals surface area contributed by atoms with Crippen LogP contribution in [0.5, 0.6) is 0 Å². The van der Waals surface area contributed by atoms with Gasteiger partial charge in [-0.2, -0.15) is 0 Å². The van der Waals surface area contributed by atoms with Crippen LogP contribution in [-0.2, 0) is 0 Å². The third-order valence-corrected chi connectivity index (χ3v) is 3.50. The van der Waals surface area contributed by atoms with E-state index in [0.29, 0.717) is 0 Å². The first kappa shape index (κ1) is 12.0. The highest BCUT2D eigenvalue weighted by molar-refractivity contribution is 4.74. The summed E-state index contributed by atoms with van der Waals surface area (Å²) in [6, 6.07) is 0. The highest BCUT2D eigenvalue weighted by Gasteiger charge is 2.20. The Morgan fingerprint density at radius 1 is 1.21 bits per heavy atom. The molecule has 0 aliphatic carbocycles. The van der Waals surface area contributed by atoms with Crippen molar-refractivity contribution in [1.29, 1.82) is 0 Å². The summed E-state index contributed by atoms with van der Waals surface area (Å²) >= 11 is 0. The van der Waals surface area contributed by atoms with E-state index in [1.54, 1.807) is 0 Å². The van der Waals surface area contributed by atoms with Gasteiger partial charge in [0.1, 0.15) is 0 Å². The van der Waals surface area contributed by atoms with Gasteiger partial charge in [-0.1, -0.05) is 13.8 Å². The van der Waals surface area contributed by atoms with E-state index in [0.717, 1.165) is 18.4 Å². The van der Waals surface area contributed by atoms with Crippen molar-refractivity contribution in [3.05, 3.63) is 0 Å². The zero-order valence-corrected chi connectivity index (χ0v) is 9.84. The summed E-state index contributed by atoms with van der Waals surface area (Å²) in [7, 11) is 0. The average Bonchev–Trinajstić information content (AvgIpc) is 2.19. The third-order valence-electron chi connectivity index (χ3n) is 3.50. The number of nitrogens with two attached hydrogens (primary N) is 1. The van der Waals surface area contributed by atoms with Crippen LogP contribution in [-0.4, -0.2) is 31.1 Å². The average molecular weight is 198 g/mol. The fourth-order valence-electron chi connectivity index (χ4n) is 2.32. The van der Waals surface area contributed by atoms with Crippen molar-refractivity contribution >= 4 is 0 Å². The van der Waals surface area contributed by atoms with E-state index >= 15 is 0 Å². The standard InChI is InChI=1S/C12H26N2/c1-11(2)12-5-9-14(10-6-12)8-4-3-7-13/h11-12H,3-10,13H2,1-2H3. The first-order valence-corrected chi connectivity index (χ1v) is 6.16. The Balaban J connectivity index is 2.09. The van der Waals surface area contributed by atoms with Crippen molar-refractivity contribution in [2.45, 2.75) is 39.5 Å². The molecular weight excluding hydrogens is 172 g/mol. The summed E-state index contributed by atoms with van der Waals surface area (Å²) in [6.07, 6.45) is 5.27. The smallest absolute Gasteiger partial charge is 0.00160 e. The lowest BCUT2D eigenvalue weighted by molar-refractivity contribution is 0.156. The van der Waals surface area contributed by atoms with Crippen molar-refractivity contribution in [2.75, 3.05) is 26.2 Å². The molecule has 2 nitrogen and oxygen atoms in total. The number of likely N-dealkylation sites (tertiary alicyclic amines) is 1. The lowest BCUT2D eigenvalue weighted by Crippen LogP contribution is -2.35. The van der Waals surface area contributed by atoms with Gasteiger partial charge in [-0.15, -0.1) is 0 Å². The fourth-order valence-corrected chi connectivity index (χ4v) is 2.32. The molecule has 14 heavy (non-hydrogen) atoms. The van der Waals surface area contributed by atoms with Crippen LogP contribution in [0.2, 0.25) is 0 Å². The zero-order valence-electron chi connectivity index (χ0n) is 9.84. The summed E-state index contributed by atoms with van der Waals surface area (Å²) in [5, 5.41) is 0. The molecule has 1 heterocycles. The van der Waals surface area contributed by atoms with Crippen LogP contribution in [0.3, 0.4) is 0 Å². The van der Waals surface area contributed by atoms with Crippen molar-refractivity contribution in [3.8, 4) is 0 Å². The SMILES string of the molecule is CC(C)C1CCN(CCCCN)CC1. The largest absolute Gasteiger partial charge is 0.330 e. The molecule has 0 aromatic rings. The van der Waals surface area contributed by atoms with Crippen LogP contribution < -0.4 is 5.73 Å². The zero-order chi connectivity index (χ0) is 10.4. The highest BCUT2D eigenvalue weighted by atomic mass is 15.1. The molecule has 2 N–H and O–H groups in total. The molecule has 1 fully saturated rings. The van der Waals surface area contributed by atoms with Crippen LogP contribution in [0.4, 0.5) is 0 Å². The van der Waals surface area contributed by atoms with Crippen molar-refractivity contribution < 1.29 is 0 Å². The molecule has 1 saturated heterocycles. The Kier molecular flexibility index (Phi) is 5.49. The Morgan fingerprint density at radius 3 is 2.36 bits per heavy atom. The van der Waals surface area contributed by atoms with E-state index in [9.17, 15) is 0 Å². The van der Waals surface area contributed by atoms with Gasteiger partial charge in [-0.05, 0) is 63.7 Å². The van der Waals surface area contributed by atoms with Gasteiger partial charge in [-0.3, -0.25) is 0 Å². The van der Waals surface area contributed by atoms with Gasteiger partial charge in [0.25, 0.3) is 0 Å². The summed E-state index contributed by atoms with van der Waals surface area (Å²) in [5.41, 5.74) is 5.49. The minimum absolute atomic E-state index is 0.850. The summed E-state index contributed by atoms with van der Waals surface area (Å²) in [4.78, 5) is 2.61. The maximum absolute atomic E-state index is 5.49. The van der Waals surface area contributed by atoms with Gasteiger partial charge in [0, 0.05) is 0 Å². The minimum atomic E-state index is 0.850. The molecule has 0 aromatic carbocycles. The van der Waals surface area contributed by atoms with Crippen LogP contribution in [0.15, 0.2) is 0 Å². The molecule has 0 bridgehead atoms. The van der Waals surface area contributed by atoms with Crippen molar-refractivity contribution in [1.82, 2.24) is 4.90 Å². The van der Waals surface area contributed by atoms with Gasteiger partial charge in [0.2, 0.25) is 0 Å². The first-order valence-electron chi connectivity index (χ1n) is 6.16. The van der Waals surface area contributed by atoms with Gasteiger partial charge in [-0.25, -0.2) is 0 Å². The summed E-state index contributed by atoms with van der Waals surface area (Å²) in [6.45, 7) is 9.45. The van der Waals surface area contributed by atoms with Gasteiger partial charge >= 0.3 is 0 Å². The van der Waals surface area contributed by atoms with Gasteiger partial charge < -0.3 is 10.6 Å². The lowest BCUT2D eigenvalue weighted by atomic mass is 9.87. The molecular formula is C12H26N2. The van der Waals surface area contributed by atoms with E-state index in [1.165, 1.54) is 45.3 Å². The second kappa shape index (κ2) is 6.41. The topological polar surface area (TPSA) is 29.3 Å². The van der Waals surface area contributed by atoms with E-state index in [2.05, 4.69) is 18.7 Å². The molecule has 0 spiro atoms. The molecule has 1 aliphatic rings. The summed E-state index contributed by atoms with van der Waals surface area (Å²) < 4.78 is 0. The Labute approximate surface area is 88.8 Å². The Hall–Kier alpha value is -0.0800. The molecule has 0 aromatic heterocycles. The van der Waals surface area contributed by atoms with Crippen molar-refractivity contribution in [3.63, 3.8) is 0 Å². The number of nitrogens with zero attached hydrogens (tertiary/aromatic N) is 1. The van der Waals surface area contributed by atoms with Crippen LogP contribution in [0.1, 0.15) is 39.5 Å². The fraction of sp³-hybridized carbons (Fsp3) is 1.00. The van der Waals surface area contributed by atoms with E-state index < -0.39 is 0 Å². The molecule has 0 saturated carbocycles. The molecule has 0 radical (unpaired) electrons. The molecule has 0 unspecified atom stereocenters. The molecule has 1 aliphatic heterocycles. The van der Waals surface area contributed by atoms with Crippen LogP contribution in [0, 0.1) is 11.8 Å². The maximum atomic E-state index is 5.49. The van der Waals surface area contributed by atoms with Crippen LogP contribution >= 0.6 is 0 Å². The van der Waals surface area contributed by atoms with E-state index in [1.807, 2.05) is 0 Å². The predicted molar refractivity (Wildman–Crippen MR) is 62.3 cm³/mol. The normalized spacial score (nSPS) is 20.6. The molecule has 2 heteroatoms. The number of hydrogen-bond donors (Lipinski definition) is 1. The first-order chi connectivity index (χ1) is 6.74. The third kappa shape index (κ3) is 3.97. The molecule has 0 amide bonds. The number of rotatable bonds is 5. The minimum Gasteiger partial charge on any atom is -0.330 e. The highest BCUT2D eigenvalue weighted by Crippen LogP contribution is 2.24. The predicted octanol–water partition coefficient (Wildman–Crippen LogP) is 2.09. The molecule has 0 atom stereocenters. The maximum Gasteiger partial charge on any atom is -0.00160 e. The van der Waals surface area contributed by atoms with Gasteiger partial charge in [0.05, 0.1) is 0 Å². The summed E-state index contributed by atoms with van der Waals surface area (Å²) in [5.74, 6) is 1.85. The molecule has 1 rings (SSSR count). The lowest BCUT2D eigenvalue weighted by Gasteiger charge is -2.33. The van der Waals surface area contributed by atoms with E-state index in [-0.39, 0.29) is 0 Å². The number of hydrogen-bond acceptors (Lipinski definition) is 2. The molecule has 84 valence electrons. The quantitative estimate of drug-likeness (QED) is 0.685. The second-order valence-electron chi connectivity index (χ2n) is 4.92. The number of unbranched alkanes of at least 4 members (excludes halogenated alkanes) is 1. The Morgan fingerprint density at radius 2 is 1.86 bits per heavy atom. The van der Waals surface area contributed by atoms with Crippen molar-refractivity contribution in [2.24, 2.45) is 17.6 Å². The van der Waals surface area contributed by atoms with E-state index in [4.69, 9.17) is 5.73 Å². The second-order valence-corrected chi connectivity index (χ2v) is 4.92. The van der Waals surface area contributed by atoms with Crippen LogP contribution in [0.25, 0.3) is 0 Å². The Bertz CT molecular complexity index is 137.